The average Bonchev–Trinajstić information content (AvgIpc) is 3.40. The Labute approximate surface area is 172 Å². The highest BCUT2D eigenvalue weighted by molar-refractivity contribution is 6.34. The molecule has 0 spiro atoms. The fourth-order valence-electron chi connectivity index (χ4n) is 2.94. The molecule has 0 bridgehead atoms. The molecule has 10 heteroatoms. The van der Waals surface area contributed by atoms with Gasteiger partial charge in [-0.25, -0.2) is 4.98 Å². The minimum Gasteiger partial charge on any atom is -0.364 e. The molecule has 0 amide bonds. The highest BCUT2D eigenvalue weighted by Crippen LogP contribution is 2.31. The molecule has 0 saturated heterocycles. The van der Waals surface area contributed by atoms with Gasteiger partial charge in [0.15, 0.2) is 17.2 Å². The first-order chi connectivity index (χ1) is 14.0. The summed E-state index contributed by atoms with van der Waals surface area (Å²) in [7, 11) is 3.86. The zero-order valence-corrected chi connectivity index (χ0v) is 16.7. The second-order valence-electron chi connectivity index (χ2n) is 7.16. The molecule has 1 aliphatic carbocycles. The molecular formula is C19H18ClN9. The van der Waals surface area contributed by atoms with Gasteiger partial charge in [0.25, 0.3) is 0 Å². The summed E-state index contributed by atoms with van der Waals surface area (Å²) in [4.78, 5) is 10.8. The molecule has 1 aliphatic rings. The Bertz CT molecular complexity index is 1170. The second kappa shape index (κ2) is 7.55. The summed E-state index contributed by atoms with van der Waals surface area (Å²) in [6.07, 6.45) is 3.59. The van der Waals surface area contributed by atoms with Crippen LogP contribution in [0.4, 0.5) is 17.5 Å². The van der Waals surface area contributed by atoms with Gasteiger partial charge in [-0.2, -0.15) is 20.0 Å². The largest absolute Gasteiger partial charge is 0.364 e. The molecule has 146 valence electrons. The average molecular weight is 408 g/mol. The molecular weight excluding hydrogens is 390 g/mol. The monoisotopic (exact) mass is 407 g/mol. The number of fused-ring (bicyclic) bond motifs is 1. The van der Waals surface area contributed by atoms with Crippen LogP contribution in [-0.2, 0) is 6.54 Å². The van der Waals surface area contributed by atoms with Gasteiger partial charge in [-0.1, -0.05) is 11.6 Å². The molecule has 0 aliphatic heterocycles. The topological polar surface area (TPSA) is 118 Å². The Morgan fingerprint density at radius 2 is 2.07 bits per heavy atom. The first-order valence-corrected chi connectivity index (χ1v) is 9.43. The van der Waals surface area contributed by atoms with Crippen LogP contribution >= 0.6 is 11.6 Å². The van der Waals surface area contributed by atoms with Crippen LogP contribution in [0.25, 0.3) is 5.65 Å². The molecule has 2 aromatic heterocycles. The molecule has 0 unspecified atom stereocenters. The quantitative estimate of drug-likeness (QED) is 0.640. The Morgan fingerprint density at radius 1 is 1.28 bits per heavy atom. The van der Waals surface area contributed by atoms with Gasteiger partial charge in [0.1, 0.15) is 6.07 Å². The molecule has 3 aromatic rings. The molecule has 29 heavy (non-hydrogen) atoms. The molecule has 1 aromatic carbocycles. The van der Waals surface area contributed by atoms with Crippen LogP contribution in [0.5, 0.6) is 0 Å². The number of benzene rings is 1. The number of rotatable bonds is 6. The number of anilines is 3. The van der Waals surface area contributed by atoms with E-state index in [-0.39, 0.29) is 5.95 Å². The zero-order valence-electron chi connectivity index (χ0n) is 15.9. The number of halogens is 1. The minimum absolute atomic E-state index is 0.253. The van der Waals surface area contributed by atoms with Crippen LogP contribution in [0.1, 0.15) is 29.7 Å². The first-order valence-electron chi connectivity index (χ1n) is 9.05. The van der Waals surface area contributed by atoms with Gasteiger partial charge >= 0.3 is 0 Å². The van der Waals surface area contributed by atoms with E-state index in [9.17, 15) is 10.5 Å². The lowest BCUT2D eigenvalue weighted by atomic mass is 10.1. The van der Waals surface area contributed by atoms with Crippen molar-refractivity contribution in [2.24, 2.45) is 0 Å². The first kappa shape index (κ1) is 18.9. The molecule has 0 radical (unpaired) electrons. The van der Waals surface area contributed by atoms with E-state index in [2.05, 4.69) is 37.8 Å². The Balaban J connectivity index is 1.77. The van der Waals surface area contributed by atoms with Crippen molar-refractivity contribution in [3.05, 3.63) is 40.2 Å². The van der Waals surface area contributed by atoms with Crippen LogP contribution < -0.4 is 10.6 Å². The van der Waals surface area contributed by atoms with Crippen molar-refractivity contribution in [3.8, 4) is 12.1 Å². The van der Waals surface area contributed by atoms with Crippen LogP contribution in [0.2, 0.25) is 5.02 Å². The van der Waals surface area contributed by atoms with Crippen molar-refractivity contribution in [2.45, 2.75) is 25.4 Å². The molecule has 2 heterocycles. The van der Waals surface area contributed by atoms with E-state index in [1.807, 2.05) is 19.0 Å². The lowest BCUT2D eigenvalue weighted by Crippen LogP contribution is -2.13. The van der Waals surface area contributed by atoms with Crippen molar-refractivity contribution in [1.82, 2.24) is 24.5 Å². The lowest BCUT2D eigenvalue weighted by Gasteiger charge is -2.16. The summed E-state index contributed by atoms with van der Waals surface area (Å²) in [5, 5.41) is 30.0. The third-order valence-electron chi connectivity index (χ3n) is 4.41. The number of aromatic nitrogens is 4. The van der Waals surface area contributed by atoms with E-state index >= 15 is 0 Å². The molecule has 1 fully saturated rings. The minimum atomic E-state index is 0.253. The number of nitrogens with zero attached hydrogens (tertiary/aromatic N) is 7. The van der Waals surface area contributed by atoms with E-state index in [4.69, 9.17) is 11.6 Å². The summed E-state index contributed by atoms with van der Waals surface area (Å²) < 4.78 is 1.45. The van der Waals surface area contributed by atoms with Gasteiger partial charge in [-0.3, -0.25) is 0 Å². The van der Waals surface area contributed by atoms with Crippen molar-refractivity contribution < 1.29 is 0 Å². The highest BCUT2D eigenvalue weighted by atomic mass is 35.5. The maximum absolute atomic E-state index is 9.39. The van der Waals surface area contributed by atoms with Crippen molar-refractivity contribution in [3.63, 3.8) is 0 Å². The van der Waals surface area contributed by atoms with Crippen LogP contribution in [0, 0.1) is 22.7 Å². The van der Waals surface area contributed by atoms with Crippen molar-refractivity contribution in [1.29, 1.82) is 10.5 Å². The van der Waals surface area contributed by atoms with Gasteiger partial charge in [0, 0.05) is 12.6 Å². The summed E-state index contributed by atoms with van der Waals surface area (Å²) in [5.74, 6) is 0.801. The number of nitriles is 2. The Morgan fingerprint density at radius 3 is 2.72 bits per heavy atom. The normalized spacial score (nSPS) is 13.3. The molecule has 4 rings (SSSR count). The smallest absolute Gasteiger partial charge is 0.247 e. The predicted octanol–water partition coefficient (Wildman–Crippen LogP) is 2.90. The zero-order chi connectivity index (χ0) is 20.5. The van der Waals surface area contributed by atoms with Crippen LogP contribution in [0.15, 0.2) is 18.3 Å². The standard InChI is InChI=1S/C19H18ClN9/c1-28(2)10-12-5-11(7-21)6-15(16(12)20)25-19-26-17(24-13-3-4-13)18-23-9-14(8-22)29(18)27-19/h5-6,9,13H,3-4,10H2,1-2H3,(H2,24,25,26,27). The maximum atomic E-state index is 9.39. The van der Waals surface area contributed by atoms with Crippen molar-refractivity contribution >= 4 is 34.7 Å². The summed E-state index contributed by atoms with van der Waals surface area (Å²) >= 11 is 6.58. The van der Waals surface area contributed by atoms with Crippen LogP contribution in [-0.4, -0.2) is 44.6 Å². The Hall–Kier alpha value is -3.40. The third-order valence-corrected chi connectivity index (χ3v) is 4.85. The molecule has 0 atom stereocenters. The molecule has 1 saturated carbocycles. The predicted molar refractivity (Wildman–Crippen MR) is 109 cm³/mol. The summed E-state index contributed by atoms with van der Waals surface area (Å²) in [6, 6.07) is 8.00. The second-order valence-corrected chi connectivity index (χ2v) is 7.54. The lowest BCUT2D eigenvalue weighted by molar-refractivity contribution is 0.402. The van der Waals surface area contributed by atoms with E-state index in [0.29, 0.717) is 46.0 Å². The van der Waals surface area contributed by atoms with E-state index < -0.39 is 0 Å². The molecule has 9 nitrogen and oxygen atoms in total. The highest BCUT2D eigenvalue weighted by Gasteiger charge is 2.24. The summed E-state index contributed by atoms with van der Waals surface area (Å²) in [6.45, 7) is 0.581. The summed E-state index contributed by atoms with van der Waals surface area (Å²) in [5.41, 5.74) is 2.61. The van der Waals surface area contributed by atoms with Gasteiger partial charge in [-0.15, -0.1) is 5.10 Å². The van der Waals surface area contributed by atoms with E-state index in [1.165, 1.54) is 10.7 Å². The van der Waals surface area contributed by atoms with Gasteiger partial charge in [0.2, 0.25) is 5.95 Å². The van der Waals surface area contributed by atoms with Crippen molar-refractivity contribution in [2.75, 3.05) is 24.7 Å². The SMILES string of the molecule is CN(C)Cc1cc(C#N)cc(Nc2nc(NC3CC3)c3ncc(C#N)n3n2)c1Cl. The van der Waals surface area contributed by atoms with E-state index in [0.717, 1.165) is 18.4 Å². The van der Waals surface area contributed by atoms with Gasteiger partial charge < -0.3 is 15.5 Å². The Kier molecular flexibility index (Phi) is 4.93. The number of hydrogen-bond acceptors (Lipinski definition) is 8. The van der Waals surface area contributed by atoms with E-state index in [1.54, 1.807) is 12.1 Å². The molecule has 2 N–H and O–H groups in total. The number of imidazole rings is 1. The van der Waals surface area contributed by atoms with Gasteiger partial charge in [-0.05, 0) is 44.6 Å². The third kappa shape index (κ3) is 3.92. The van der Waals surface area contributed by atoms with Gasteiger partial charge in [0.05, 0.1) is 28.5 Å². The van der Waals surface area contributed by atoms with Crippen LogP contribution in [0.3, 0.4) is 0 Å². The fraction of sp³-hybridized carbons (Fsp3) is 0.316. The number of hydrogen-bond donors (Lipinski definition) is 2. The number of nitrogens with one attached hydrogen (secondary N) is 2. The fourth-order valence-corrected chi connectivity index (χ4v) is 3.16. The maximum Gasteiger partial charge on any atom is 0.247 e.